The summed E-state index contributed by atoms with van der Waals surface area (Å²) < 4.78 is 5.17. The van der Waals surface area contributed by atoms with Crippen molar-refractivity contribution in [2.45, 2.75) is 31.7 Å². The number of thiazole rings is 1. The topological polar surface area (TPSA) is 48.1 Å². The molecule has 0 spiro atoms. The molecule has 3 rings (SSSR count). The van der Waals surface area contributed by atoms with Gasteiger partial charge in [0.1, 0.15) is 10.8 Å². The van der Waals surface area contributed by atoms with E-state index in [9.17, 15) is 0 Å². The molecule has 1 aromatic carbocycles. The van der Waals surface area contributed by atoms with Crippen LogP contribution in [0.4, 0.5) is 0 Å². The summed E-state index contributed by atoms with van der Waals surface area (Å²) in [5, 5.41) is 1.57. The molecule has 2 aromatic rings. The molecule has 1 aliphatic carbocycles. The van der Waals surface area contributed by atoms with E-state index in [1.807, 2.05) is 18.2 Å². The first-order valence-electron chi connectivity index (χ1n) is 6.76. The van der Waals surface area contributed by atoms with Crippen molar-refractivity contribution in [1.82, 2.24) is 4.98 Å². The summed E-state index contributed by atoms with van der Waals surface area (Å²) in [7, 11) is 1.61. The summed E-state index contributed by atoms with van der Waals surface area (Å²) in [6.45, 7) is 0. The van der Waals surface area contributed by atoms with E-state index < -0.39 is 0 Å². The van der Waals surface area contributed by atoms with Crippen molar-refractivity contribution in [2.24, 2.45) is 5.73 Å². The van der Waals surface area contributed by atoms with Gasteiger partial charge in [-0.2, -0.15) is 0 Å². The van der Waals surface area contributed by atoms with Gasteiger partial charge in [-0.25, -0.2) is 4.98 Å². The summed E-state index contributed by atoms with van der Waals surface area (Å²) >= 11 is 7.91. The lowest BCUT2D eigenvalue weighted by Gasteiger charge is -2.11. The molecule has 1 aliphatic rings. The molecule has 1 atom stereocenters. The molecule has 0 bridgehead atoms. The third kappa shape index (κ3) is 2.55. The van der Waals surface area contributed by atoms with Gasteiger partial charge in [-0.05, 0) is 43.4 Å². The molecule has 0 radical (unpaired) electrons. The molecule has 0 saturated heterocycles. The second-order valence-corrected chi connectivity index (χ2v) is 6.52. The van der Waals surface area contributed by atoms with Crippen LogP contribution in [0.25, 0.3) is 0 Å². The number of fused-ring (bicyclic) bond motifs is 1. The summed E-state index contributed by atoms with van der Waals surface area (Å²) in [6.07, 6.45) is 4.73. The number of methoxy groups -OCH3 is 1. The van der Waals surface area contributed by atoms with Crippen LogP contribution in [0.3, 0.4) is 0 Å². The van der Waals surface area contributed by atoms with Gasteiger partial charge in [-0.15, -0.1) is 11.3 Å². The second-order valence-electron chi connectivity index (χ2n) is 5.00. The van der Waals surface area contributed by atoms with E-state index in [2.05, 4.69) is 0 Å². The predicted octanol–water partition coefficient (Wildman–Crippen LogP) is 3.73. The van der Waals surface area contributed by atoms with Crippen LogP contribution in [-0.4, -0.2) is 12.1 Å². The summed E-state index contributed by atoms with van der Waals surface area (Å²) in [5.41, 5.74) is 8.55. The molecule has 0 amide bonds. The molecule has 20 heavy (non-hydrogen) atoms. The largest absolute Gasteiger partial charge is 0.495 e. The molecule has 1 heterocycles. The Hall–Kier alpha value is -1.10. The fraction of sp³-hybridized carbons (Fsp3) is 0.400. The number of aromatic nitrogens is 1. The molecule has 1 unspecified atom stereocenters. The number of aryl methyl sites for hydroxylation is 2. The zero-order chi connectivity index (χ0) is 14.1. The van der Waals surface area contributed by atoms with Crippen LogP contribution in [-0.2, 0) is 12.8 Å². The molecule has 5 heteroatoms. The Labute approximate surface area is 127 Å². The minimum atomic E-state index is -0.214. The lowest BCUT2D eigenvalue weighted by Crippen LogP contribution is -2.11. The first-order valence-corrected chi connectivity index (χ1v) is 7.96. The first kappa shape index (κ1) is 13.9. The molecule has 1 aromatic heterocycles. The number of hydrogen-bond acceptors (Lipinski definition) is 4. The molecular weight excluding hydrogens is 292 g/mol. The number of hydrogen-bond donors (Lipinski definition) is 1. The smallest absolute Gasteiger partial charge is 0.137 e. The van der Waals surface area contributed by atoms with E-state index in [0.717, 1.165) is 23.4 Å². The van der Waals surface area contributed by atoms with E-state index >= 15 is 0 Å². The number of nitrogens with two attached hydrogens (primary N) is 1. The summed E-state index contributed by atoms with van der Waals surface area (Å²) in [4.78, 5) is 6.12. The highest BCUT2D eigenvalue weighted by Crippen LogP contribution is 2.33. The SMILES string of the molecule is COc1ccc(C(N)c2nc3c(s2)CCCC3)cc1Cl. The third-order valence-electron chi connectivity index (χ3n) is 3.66. The Morgan fingerprint density at radius 2 is 2.15 bits per heavy atom. The summed E-state index contributed by atoms with van der Waals surface area (Å²) in [6, 6.07) is 5.46. The molecule has 2 N–H and O–H groups in total. The van der Waals surface area contributed by atoms with Crippen LogP contribution in [0, 0.1) is 0 Å². The fourth-order valence-corrected chi connectivity index (χ4v) is 3.97. The normalized spacial score (nSPS) is 15.8. The van der Waals surface area contributed by atoms with E-state index in [1.165, 1.54) is 23.4 Å². The van der Waals surface area contributed by atoms with Gasteiger partial charge in [0.15, 0.2) is 0 Å². The Kier molecular flexibility index (Phi) is 3.96. The molecule has 3 nitrogen and oxygen atoms in total. The van der Waals surface area contributed by atoms with Crippen molar-refractivity contribution in [3.8, 4) is 5.75 Å². The molecule has 0 fully saturated rings. The van der Waals surface area contributed by atoms with Crippen molar-refractivity contribution in [2.75, 3.05) is 7.11 Å². The fourth-order valence-electron chi connectivity index (χ4n) is 2.52. The summed E-state index contributed by atoms with van der Waals surface area (Å²) in [5.74, 6) is 0.668. The number of benzene rings is 1. The highest BCUT2D eigenvalue weighted by atomic mass is 35.5. The van der Waals surface area contributed by atoms with Gasteiger partial charge in [0.05, 0.1) is 23.9 Å². The minimum absolute atomic E-state index is 0.214. The number of nitrogens with zero attached hydrogens (tertiary/aromatic N) is 1. The number of ether oxygens (including phenoxy) is 1. The molecule has 106 valence electrons. The average molecular weight is 309 g/mol. The minimum Gasteiger partial charge on any atom is -0.495 e. The Balaban J connectivity index is 1.90. The maximum Gasteiger partial charge on any atom is 0.137 e. The Bertz CT molecular complexity index is 603. The van der Waals surface area contributed by atoms with E-state index in [0.29, 0.717) is 10.8 Å². The van der Waals surface area contributed by atoms with Crippen molar-refractivity contribution >= 4 is 22.9 Å². The van der Waals surface area contributed by atoms with Crippen LogP contribution in [0.15, 0.2) is 18.2 Å². The van der Waals surface area contributed by atoms with E-state index in [4.69, 9.17) is 27.1 Å². The predicted molar refractivity (Wildman–Crippen MR) is 82.8 cm³/mol. The van der Waals surface area contributed by atoms with Crippen molar-refractivity contribution in [1.29, 1.82) is 0 Å². The first-order chi connectivity index (χ1) is 9.69. The highest BCUT2D eigenvalue weighted by molar-refractivity contribution is 7.11. The zero-order valence-corrected chi connectivity index (χ0v) is 12.9. The second kappa shape index (κ2) is 5.72. The van der Waals surface area contributed by atoms with Gasteiger partial charge in [0, 0.05) is 4.88 Å². The standard InChI is InChI=1S/C15H17ClN2OS/c1-19-12-7-6-9(8-10(12)16)14(17)15-18-11-4-2-3-5-13(11)20-15/h6-8,14H,2-5,17H2,1H3. The Morgan fingerprint density at radius 3 is 2.85 bits per heavy atom. The van der Waals surface area contributed by atoms with Gasteiger partial charge in [0.25, 0.3) is 0 Å². The van der Waals surface area contributed by atoms with Gasteiger partial charge in [-0.1, -0.05) is 17.7 Å². The monoisotopic (exact) mass is 308 g/mol. The Morgan fingerprint density at radius 1 is 1.35 bits per heavy atom. The van der Waals surface area contributed by atoms with Gasteiger partial charge >= 0.3 is 0 Å². The van der Waals surface area contributed by atoms with Crippen molar-refractivity contribution in [3.63, 3.8) is 0 Å². The van der Waals surface area contributed by atoms with E-state index in [-0.39, 0.29) is 6.04 Å². The molecular formula is C15H17ClN2OS. The van der Waals surface area contributed by atoms with Crippen LogP contribution in [0.5, 0.6) is 5.75 Å². The number of halogens is 1. The van der Waals surface area contributed by atoms with Gasteiger partial charge < -0.3 is 10.5 Å². The van der Waals surface area contributed by atoms with Crippen LogP contribution >= 0.6 is 22.9 Å². The van der Waals surface area contributed by atoms with Crippen LogP contribution in [0.1, 0.15) is 40.0 Å². The molecule has 0 aliphatic heterocycles. The van der Waals surface area contributed by atoms with Crippen molar-refractivity contribution in [3.05, 3.63) is 44.4 Å². The van der Waals surface area contributed by atoms with Crippen LogP contribution < -0.4 is 10.5 Å². The third-order valence-corrected chi connectivity index (χ3v) is 5.20. The quantitative estimate of drug-likeness (QED) is 0.940. The lowest BCUT2D eigenvalue weighted by atomic mass is 10.0. The lowest BCUT2D eigenvalue weighted by molar-refractivity contribution is 0.415. The maximum atomic E-state index is 6.34. The highest BCUT2D eigenvalue weighted by Gasteiger charge is 2.20. The van der Waals surface area contributed by atoms with Gasteiger partial charge in [-0.3, -0.25) is 0 Å². The van der Waals surface area contributed by atoms with Crippen LogP contribution in [0.2, 0.25) is 5.02 Å². The maximum absolute atomic E-state index is 6.34. The van der Waals surface area contributed by atoms with Gasteiger partial charge in [0.2, 0.25) is 0 Å². The molecule has 0 saturated carbocycles. The van der Waals surface area contributed by atoms with E-state index in [1.54, 1.807) is 18.4 Å². The average Bonchev–Trinajstić information content (AvgIpc) is 2.90. The zero-order valence-electron chi connectivity index (χ0n) is 11.4. The van der Waals surface area contributed by atoms with Crippen molar-refractivity contribution < 1.29 is 4.74 Å². The number of rotatable bonds is 3.